The van der Waals surface area contributed by atoms with Gasteiger partial charge in [0.2, 0.25) is 0 Å². The van der Waals surface area contributed by atoms with Crippen LogP contribution in [0.3, 0.4) is 0 Å². The van der Waals surface area contributed by atoms with Crippen molar-refractivity contribution in [2.45, 2.75) is 51.5 Å². The van der Waals surface area contributed by atoms with Crippen molar-refractivity contribution < 1.29 is 45.5 Å². The van der Waals surface area contributed by atoms with Crippen molar-refractivity contribution in [2.75, 3.05) is 182 Å². The number of halogens is 6. The number of nitrogens with one attached hydrogen (secondary N) is 1. The van der Waals surface area contributed by atoms with Crippen LogP contribution in [-0.2, 0) is 0 Å². The van der Waals surface area contributed by atoms with Gasteiger partial charge in [-0.05, 0) is 160 Å². The minimum absolute atomic E-state index is 0.0417. The molecule has 1 aliphatic carbocycles. The second kappa shape index (κ2) is 34.1. The highest BCUT2D eigenvalue weighted by Crippen LogP contribution is 2.42. The molecule has 4 aliphatic heterocycles. The number of nitrogens with two attached hydrogens (primary N) is 1. The predicted molar refractivity (Wildman–Crippen MR) is 478 cm³/mol. The maximum atomic E-state index is 14.2. The number of aromatic nitrogens is 12. The van der Waals surface area contributed by atoms with Crippen LogP contribution in [-0.4, -0.2) is 287 Å². The Morgan fingerprint density at radius 2 is 0.706 bits per heavy atom. The van der Waals surface area contributed by atoms with Crippen LogP contribution in [0.25, 0.3) is 111 Å². The Balaban J connectivity index is 0.000000114. The largest absolute Gasteiger partial charge is 0.397 e. The Morgan fingerprint density at radius 3 is 1.13 bits per heavy atom. The van der Waals surface area contributed by atoms with Gasteiger partial charge in [-0.2, -0.15) is 0 Å². The number of imidazole rings is 4. The first-order valence-electron chi connectivity index (χ1n) is 42.5. The fourth-order valence-electron chi connectivity index (χ4n) is 17.9. The number of para-hydroxylation sites is 2. The molecule has 0 unspecified atom stereocenters. The maximum Gasteiger partial charge on any atom is 0.259 e. The van der Waals surface area contributed by atoms with E-state index in [0.717, 1.165) is 185 Å². The Bertz CT molecular complexity index is 7070. The second-order valence-corrected chi connectivity index (χ2v) is 33.8. The van der Waals surface area contributed by atoms with Gasteiger partial charge in [0.25, 0.3) is 23.6 Å². The van der Waals surface area contributed by atoms with Crippen LogP contribution in [0.2, 0.25) is 0 Å². The summed E-state index contributed by atoms with van der Waals surface area (Å²) in [5, 5.41) is 6.55. The molecule has 5 aliphatic rings. The van der Waals surface area contributed by atoms with Crippen molar-refractivity contribution in [3.8, 4) is 0 Å². The first-order valence-corrected chi connectivity index (χ1v) is 42.5. The van der Waals surface area contributed by atoms with Gasteiger partial charge in [0.1, 0.15) is 44.8 Å². The van der Waals surface area contributed by atoms with Crippen molar-refractivity contribution in [3.63, 3.8) is 0 Å². The molecular formula is C92H96F6N24O4. The van der Waals surface area contributed by atoms with E-state index in [4.69, 9.17) is 10.7 Å². The van der Waals surface area contributed by atoms with Gasteiger partial charge in [-0.15, -0.1) is 0 Å². The first kappa shape index (κ1) is 83.7. The molecule has 650 valence electrons. The van der Waals surface area contributed by atoms with Crippen LogP contribution in [0.1, 0.15) is 85.7 Å². The molecule has 126 heavy (non-hydrogen) atoms. The SMILES string of the molecule is CN1CCCN(C(=O)c2c(N(C)C)c3cccnc3n3c2nc2cc(F)c(F)cc23)CC1.CN1CCCN(C(=O)c2c(N(C)C)c3cccnc3n3c2nc2ccccc23)CC1.CN1CCCN(C(=O)c2c(NC3CC3)c3cccnc3n3c2nc2cc(F)c(F)cc23)CC1.Cc1ccc2c(N)c(C(=O)N3CCCN(C)CC3)c3nc4cc(F)c(F)cc4n3c2n1. The summed E-state index contributed by atoms with van der Waals surface area (Å²) in [7, 11) is 15.9. The van der Waals surface area contributed by atoms with E-state index in [1.165, 1.54) is 0 Å². The van der Waals surface area contributed by atoms with Gasteiger partial charge < -0.3 is 60.0 Å². The number of pyridine rings is 8. The molecule has 34 heteroatoms. The summed E-state index contributed by atoms with van der Waals surface area (Å²) in [6.07, 6.45) is 10.7. The summed E-state index contributed by atoms with van der Waals surface area (Å²) in [5.41, 5.74) is 19.2. The molecule has 16 heterocycles. The molecule has 4 aromatic carbocycles. The number of fused-ring (bicyclic) bond motifs is 20. The predicted octanol–water partition coefficient (Wildman–Crippen LogP) is 12.7. The molecular weight excluding hydrogens is 1620 g/mol. The van der Waals surface area contributed by atoms with Gasteiger partial charge in [-0.1, -0.05) is 12.1 Å². The Hall–Kier alpha value is -13.2. The van der Waals surface area contributed by atoms with Gasteiger partial charge in [0.15, 0.2) is 57.5 Å². The number of benzene rings is 4. The van der Waals surface area contributed by atoms with Crippen molar-refractivity contribution in [1.29, 1.82) is 0 Å². The molecule has 0 bridgehead atoms. The number of nitrogen functional groups attached to an aromatic ring is 1. The third kappa shape index (κ3) is 15.4. The molecule has 4 amide bonds. The van der Waals surface area contributed by atoms with Crippen LogP contribution < -0.4 is 20.9 Å². The standard InChI is InChI=1S/C24H24F2N6O.C23H24F2N6O.C23H26N6O.C22H22F2N6O/c1-30-8-3-9-31(11-10-30)24(33)20-21(28-14-5-6-14)15-4-2-7-27-22(15)32-19-13-17(26)16(25)12-18(19)29-23(20)32;1-28(2)20-14-6-4-7-26-21(14)31-18-13-16(25)15(24)12-17(18)27-22(31)19(20)23(32)30-9-5-8-29(3)10-11-30;1-26(2)20-16-8-6-11-24-21(16)29-18-10-5-4-9-17(18)25-22(29)19(20)23(30)28-13-7-12-27(3)14-15-28;1-12-4-5-13-19(25)18(22(31)29-7-3-6-28(2)8-9-29)21-27-16-10-14(23)15(24)11-17(16)30(21)20(13)26-12/h2,4,7,12-14,28H,3,5-6,8-11H2,1H3;4,6-7,12-13H,5,8-11H2,1-3H3;4-6,8-11H,7,12-15H2,1-3H3;4-5,10-11H,3,6-9,25H2,1-2H3. The highest BCUT2D eigenvalue weighted by atomic mass is 19.2. The number of hydrogen-bond donors (Lipinski definition) is 2. The van der Waals surface area contributed by atoms with Crippen LogP contribution in [0.4, 0.5) is 49.1 Å². The fraction of sp³-hybridized carbons (Fsp3) is 0.348. The number of nitrogens with zero attached hydrogens (tertiary/aromatic N) is 22. The minimum atomic E-state index is -0.999. The summed E-state index contributed by atoms with van der Waals surface area (Å²) in [6.45, 7) is 13.9. The zero-order valence-corrected chi connectivity index (χ0v) is 71.6. The highest BCUT2D eigenvalue weighted by molar-refractivity contribution is 6.17. The molecule has 3 N–H and O–H groups in total. The normalized spacial score (nSPS) is 16.2. The second-order valence-electron chi connectivity index (χ2n) is 33.8. The van der Waals surface area contributed by atoms with E-state index < -0.39 is 34.9 Å². The third-order valence-electron chi connectivity index (χ3n) is 24.5. The van der Waals surface area contributed by atoms with E-state index in [1.807, 2.05) is 133 Å². The zero-order valence-electron chi connectivity index (χ0n) is 71.6. The lowest BCUT2D eigenvalue weighted by molar-refractivity contribution is 0.0757. The highest BCUT2D eigenvalue weighted by Gasteiger charge is 2.36. The quantitative estimate of drug-likeness (QED) is 0.134. The molecule has 16 aromatic rings. The number of carbonyl (C=O) groups is 4. The van der Waals surface area contributed by atoms with Crippen molar-refractivity contribution >= 4 is 157 Å². The van der Waals surface area contributed by atoms with E-state index in [1.54, 1.807) is 54.9 Å². The number of anilines is 4. The molecule has 4 saturated heterocycles. The summed E-state index contributed by atoms with van der Waals surface area (Å²) >= 11 is 0. The Kier molecular flexibility index (Phi) is 22.6. The van der Waals surface area contributed by atoms with Crippen molar-refractivity contribution in [2.24, 2.45) is 0 Å². The molecule has 0 radical (unpaired) electrons. The molecule has 0 spiro atoms. The summed E-state index contributed by atoms with van der Waals surface area (Å²) in [5.74, 6) is -6.33. The Morgan fingerprint density at radius 1 is 0.357 bits per heavy atom. The number of hydrogen-bond acceptors (Lipinski definition) is 20. The van der Waals surface area contributed by atoms with Gasteiger partial charge in [-0.25, -0.2) is 66.2 Å². The number of amides is 4. The molecule has 1 saturated carbocycles. The van der Waals surface area contributed by atoms with Crippen LogP contribution in [0.5, 0.6) is 0 Å². The number of likely N-dealkylation sites (N-methyl/N-ethyl adjacent to an activating group) is 4. The minimum Gasteiger partial charge on any atom is -0.397 e. The molecule has 5 fully saturated rings. The van der Waals surface area contributed by atoms with E-state index in [-0.39, 0.29) is 63.1 Å². The molecule has 28 nitrogen and oxygen atoms in total. The number of rotatable bonds is 8. The number of aryl methyl sites for hydroxylation is 1. The van der Waals surface area contributed by atoms with Crippen LogP contribution in [0.15, 0.2) is 128 Å². The number of carbonyl (C=O) groups excluding carboxylic acids is 4. The monoisotopic (exact) mass is 1710 g/mol. The fourth-order valence-corrected chi connectivity index (χ4v) is 17.9. The van der Waals surface area contributed by atoms with E-state index >= 15 is 0 Å². The summed E-state index contributed by atoms with van der Waals surface area (Å²) in [6, 6.07) is 29.8. The van der Waals surface area contributed by atoms with E-state index in [0.29, 0.717) is 123 Å². The zero-order chi connectivity index (χ0) is 87.9. The van der Waals surface area contributed by atoms with Crippen LogP contribution >= 0.6 is 0 Å². The lowest BCUT2D eigenvalue weighted by Gasteiger charge is -2.25. The van der Waals surface area contributed by atoms with Gasteiger partial charge in [-0.3, -0.25) is 36.8 Å². The Labute approximate surface area is 720 Å². The lowest BCUT2D eigenvalue weighted by atomic mass is 10.1. The molecule has 0 atom stereocenters. The van der Waals surface area contributed by atoms with Gasteiger partial charge in [0.05, 0.1) is 66.9 Å². The molecule has 12 aromatic heterocycles. The van der Waals surface area contributed by atoms with Gasteiger partial charge >= 0.3 is 0 Å². The average Bonchev–Trinajstić information content (AvgIpc) is 1.57. The first-order chi connectivity index (χ1) is 60.8. The van der Waals surface area contributed by atoms with E-state index in [9.17, 15) is 45.5 Å². The van der Waals surface area contributed by atoms with Gasteiger partial charge in [0, 0.05) is 195 Å². The smallest absolute Gasteiger partial charge is 0.259 e. The molecule has 21 rings (SSSR count). The lowest BCUT2D eigenvalue weighted by Crippen LogP contribution is -2.35. The maximum absolute atomic E-state index is 14.2. The van der Waals surface area contributed by atoms with Crippen LogP contribution in [0, 0.1) is 41.8 Å². The van der Waals surface area contributed by atoms with E-state index in [2.05, 4.69) is 73.9 Å². The third-order valence-corrected chi connectivity index (χ3v) is 24.5. The summed E-state index contributed by atoms with van der Waals surface area (Å²) in [4.78, 5) is 113. The average molecular weight is 1720 g/mol. The van der Waals surface area contributed by atoms with Crippen molar-refractivity contribution in [1.82, 2.24) is 96.7 Å². The topological polar surface area (TPSA) is 259 Å². The van der Waals surface area contributed by atoms with Crippen molar-refractivity contribution in [3.05, 3.63) is 191 Å². The summed E-state index contributed by atoms with van der Waals surface area (Å²) < 4.78 is 91.5.